The summed E-state index contributed by atoms with van der Waals surface area (Å²) in [6, 6.07) is 8.19. The zero-order valence-corrected chi connectivity index (χ0v) is 16.1. The van der Waals surface area contributed by atoms with Gasteiger partial charge in [-0.3, -0.25) is 9.78 Å². The highest BCUT2D eigenvalue weighted by atomic mass is 19.3. The molecule has 2 aromatic heterocycles. The molecule has 0 aliphatic carbocycles. The summed E-state index contributed by atoms with van der Waals surface area (Å²) in [6.45, 7) is 4.16. The lowest BCUT2D eigenvalue weighted by molar-refractivity contribution is 0.00527. The first-order valence-corrected chi connectivity index (χ1v) is 8.86. The summed E-state index contributed by atoms with van der Waals surface area (Å²) in [4.78, 5) is 16.9. The van der Waals surface area contributed by atoms with E-state index >= 15 is 0 Å². The summed E-state index contributed by atoms with van der Waals surface area (Å²) < 4.78 is 28.7. The van der Waals surface area contributed by atoms with E-state index in [0.717, 1.165) is 10.2 Å². The fourth-order valence-electron chi connectivity index (χ4n) is 2.63. The summed E-state index contributed by atoms with van der Waals surface area (Å²) in [7, 11) is 0. The van der Waals surface area contributed by atoms with E-state index in [1.165, 1.54) is 13.0 Å². The van der Waals surface area contributed by atoms with Gasteiger partial charge < -0.3 is 10.4 Å². The Labute approximate surface area is 165 Å². The second-order valence-electron chi connectivity index (χ2n) is 6.85. The third-order valence-corrected chi connectivity index (χ3v) is 4.05. The van der Waals surface area contributed by atoms with E-state index in [1.54, 1.807) is 24.4 Å². The first-order chi connectivity index (χ1) is 13.6. The smallest absolute Gasteiger partial charge is 0.305 e. The van der Waals surface area contributed by atoms with E-state index in [0.29, 0.717) is 18.2 Å². The van der Waals surface area contributed by atoms with Gasteiger partial charge in [0.2, 0.25) is 5.82 Å². The number of aryl methyl sites for hydroxylation is 1. The normalized spacial score (nSPS) is 12.6. The molecular formula is C19H20F2N6O2. The number of halogens is 2. The molecule has 0 saturated carbocycles. The minimum Gasteiger partial charge on any atom is -0.392 e. The van der Waals surface area contributed by atoms with Gasteiger partial charge >= 0.3 is 5.92 Å². The molecule has 3 aromatic rings. The molecule has 0 aliphatic rings. The van der Waals surface area contributed by atoms with Gasteiger partial charge in [-0.25, -0.2) is 0 Å². The van der Waals surface area contributed by atoms with Gasteiger partial charge in [0.05, 0.1) is 17.5 Å². The van der Waals surface area contributed by atoms with Crippen LogP contribution in [0.25, 0.3) is 16.9 Å². The molecule has 0 fully saturated rings. The van der Waals surface area contributed by atoms with E-state index in [2.05, 4.69) is 25.8 Å². The Morgan fingerprint density at radius 2 is 2.07 bits per heavy atom. The predicted octanol–water partition coefficient (Wildman–Crippen LogP) is 2.26. The molecule has 2 heterocycles. The van der Waals surface area contributed by atoms with Crippen molar-refractivity contribution in [1.82, 2.24) is 30.5 Å². The molecular weight excluding hydrogens is 382 g/mol. The summed E-state index contributed by atoms with van der Waals surface area (Å²) in [5.41, 5.74) is 2.42. The van der Waals surface area contributed by atoms with Crippen molar-refractivity contribution in [2.45, 2.75) is 32.8 Å². The Balaban J connectivity index is 2.12. The first-order valence-electron chi connectivity index (χ1n) is 8.86. The molecule has 1 amide bonds. The van der Waals surface area contributed by atoms with Crippen molar-refractivity contribution in [3.8, 4) is 16.9 Å². The third-order valence-electron chi connectivity index (χ3n) is 4.05. The van der Waals surface area contributed by atoms with E-state index in [4.69, 9.17) is 0 Å². The number of nitrogens with one attached hydrogen (secondary N) is 1. The van der Waals surface area contributed by atoms with Crippen molar-refractivity contribution < 1.29 is 18.7 Å². The maximum atomic E-state index is 13.9. The molecule has 1 atom stereocenters. The van der Waals surface area contributed by atoms with Crippen LogP contribution >= 0.6 is 0 Å². The number of amides is 1. The lowest BCUT2D eigenvalue weighted by atomic mass is 10.0. The number of nitrogens with zero attached hydrogens (tertiary/aromatic N) is 5. The van der Waals surface area contributed by atoms with Crippen LogP contribution < -0.4 is 5.32 Å². The van der Waals surface area contributed by atoms with Crippen molar-refractivity contribution in [2.75, 3.05) is 6.54 Å². The Kier molecular flexibility index (Phi) is 5.64. The molecule has 0 bridgehead atoms. The van der Waals surface area contributed by atoms with Crippen molar-refractivity contribution in [3.63, 3.8) is 0 Å². The van der Waals surface area contributed by atoms with Gasteiger partial charge in [0.1, 0.15) is 0 Å². The van der Waals surface area contributed by atoms with Crippen LogP contribution in [-0.2, 0) is 5.92 Å². The summed E-state index contributed by atoms with van der Waals surface area (Å²) in [5, 5.41) is 22.4. The van der Waals surface area contributed by atoms with E-state index in [-0.39, 0.29) is 17.8 Å². The van der Waals surface area contributed by atoms with Gasteiger partial charge in [0.25, 0.3) is 5.91 Å². The van der Waals surface area contributed by atoms with Gasteiger partial charge in [-0.15, -0.1) is 5.10 Å². The lowest BCUT2D eigenvalue weighted by Gasteiger charge is -2.14. The molecule has 29 heavy (non-hydrogen) atoms. The molecule has 8 nitrogen and oxygen atoms in total. The van der Waals surface area contributed by atoms with Gasteiger partial charge in [0.15, 0.2) is 0 Å². The number of hydrogen-bond acceptors (Lipinski definition) is 6. The van der Waals surface area contributed by atoms with Crippen LogP contribution in [0.2, 0.25) is 0 Å². The zero-order chi connectivity index (χ0) is 21.2. The number of rotatable bonds is 6. The number of pyridine rings is 1. The van der Waals surface area contributed by atoms with Crippen molar-refractivity contribution >= 4 is 5.91 Å². The molecule has 0 saturated heterocycles. The van der Waals surface area contributed by atoms with Crippen LogP contribution in [0, 0.1) is 6.92 Å². The van der Waals surface area contributed by atoms with Gasteiger partial charge in [-0.1, -0.05) is 6.07 Å². The highest BCUT2D eigenvalue weighted by Gasteiger charge is 2.32. The number of tetrazole rings is 1. The molecule has 1 unspecified atom stereocenters. The SMILES string of the molecule is Cc1ccc(-c2cc(C(=O)NCC(C)O)cc(-n3nnnc3C(C)(F)F)c2)nc1. The van der Waals surface area contributed by atoms with Crippen molar-refractivity contribution in [3.05, 3.63) is 53.5 Å². The Morgan fingerprint density at radius 3 is 2.69 bits per heavy atom. The maximum absolute atomic E-state index is 13.9. The van der Waals surface area contributed by atoms with Crippen LogP contribution in [0.5, 0.6) is 0 Å². The molecule has 3 rings (SSSR count). The van der Waals surface area contributed by atoms with Crippen LogP contribution in [0.3, 0.4) is 0 Å². The van der Waals surface area contributed by atoms with E-state index in [1.807, 2.05) is 13.0 Å². The average molecular weight is 402 g/mol. The topological polar surface area (TPSA) is 106 Å². The minimum absolute atomic E-state index is 0.0460. The average Bonchev–Trinajstić information content (AvgIpc) is 3.17. The summed E-state index contributed by atoms with van der Waals surface area (Å²) in [6.07, 6.45) is 0.933. The number of carbonyl (C=O) groups is 1. The Bertz CT molecular complexity index is 1010. The highest BCUT2D eigenvalue weighted by Crippen LogP contribution is 2.28. The standard InChI is InChI=1S/C19H20F2N6O2/c1-11-4-5-16(22-9-11)13-6-14(17(29)23-10-12(2)28)8-15(7-13)27-18(19(3,20)21)24-25-26-27/h4-9,12,28H,10H2,1-3H3,(H,23,29). The van der Waals surface area contributed by atoms with Gasteiger partial charge in [-0.05, 0) is 54.1 Å². The number of benzene rings is 1. The lowest BCUT2D eigenvalue weighted by Crippen LogP contribution is -2.30. The van der Waals surface area contributed by atoms with Crippen LogP contribution in [0.15, 0.2) is 36.5 Å². The van der Waals surface area contributed by atoms with Crippen LogP contribution in [0.1, 0.15) is 35.6 Å². The second kappa shape index (κ2) is 8.00. The highest BCUT2D eigenvalue weighted by molar-refractivity contribution is 5.96. The quantitative estimate of drug-likeness (QED) is 0.655. The molecule has 10 heteroatoms. The molecule has 2 N–H and O–H groups in total. The van der Waals surface area contributed by atoms with Crippen LogP contribution in [0.4, 0.5) is 8.78 Å². The zero-order valence-electron chi connectivity index (χ0n) is 16.1. The molecule has 152 valence electrons. The molecule has 0 aliphatic heterocycles. The van der Waals surface area contributed by atoms with E-state index < -0.39 is 23.8 Å². The maximum Gasteiger partial charge on any atom is 0.305 e. The van der Waals surface area contributed by atoms with E-state index in [9.17, 15) is 18.7 Å². The fourth-order valence-corrected chi connectivity index (χ4v) is 2.63. The molecule has 0 radical (unpaired) electrons. The predicted molar refractivity (Wildman–Crippen MR) is 101 cm³/mol. The minimum atomic E-state index is -3.28. The molecule has 0 spiro atoms. The van der Waals surface area contributed by atoms with Crippen molar-refractivity contribution in [1.29, 1.82) is 0 Å². The third kappa shape index (κ3) is 4.77. The number of carbonyl (C=O) groups excluding carboxylic acids is 1. The fraction of sp³-hybridized carbons (Fsp3) is 0.316. The summed E-state index contributed by atoms with van der Waals surface area (Å²) >= 11 is 0. The number of aliphatic hydroxyl groups is 1. The van der Waals surface area contributed by atoms with Crippen molar-refractivity contribution in [2.24, 2.45) is 0 Å². The monoisotopic (exact) mass is 402 g/mol. The van der Waals surface area contributed by atoms with Crippen LogP contribution in [-0.4, -0.2) is 48.9 Å². The number of hydrogen-bond donors (Lipinski definition) is 2. The second-order valence-corrected chi connectivity index (χ2v) is 6.85. The molecule has 1 aromatic carbocycles. The van der Waals surface area contributed by atoms with Gasteiger partial charge in [-0.2, -0.15) is 13.5 Å². The number of aliphatic hydroxyl groups excluding tert-OH is 1. The Morgan fingerprint density at radius 1 is 1.31 bits per heavy atom. The largest absolute Gasteiger partial charge is 0.392 e. The number of aromatic nitrogens is 5. The van der Waals surface area contributed by atoms with Gasteiger partial charge in [0, 0.05) is 30.8 Å². The number of alkyl halides is 2. The first kappa shape index (κ1) is 20.5. The Hall–Kier alpha value is -3.27. The summed E-state index contributed by atoms with van der Waals surface area (Å²) in [5.74, 6) is -4.41.